The first-order chi connectivity index (χ1) is 9.83. The summed E-state index contributed by atoms with van der Waals surface area (Å²) >= 11 is 0. The summed E-state index contributed by atoms with van der Waals surface area (Å²) in [5, 5.41) is 4.85. The quantitative estimate of drug-likeness (QED) is 0.711. The van der Waals surface area contributed by atoms with Crippen molar-refractivity contribution in [2.75, 3.05) is 19.8 Å². The Hall–Kier alpha value is -1.03. The van der Waals surface area contributed by atoms with Gasteiger partial charge < -0.3 is 14.6 Å². The SMILES string of the molecule is CCCCOCCCNCc1cn(C)c2ccccc12.Cl. The molecule has 0 saturated heterocycles. The van der Waals surface area contributed by atoms with Crippen LogP contribution >= 0.6 is 12.4 Å². The van der Waals surface area contributed by atoms with Crippen molar-refractivity contribution in [1.82, 2.24) is 9.88 Å². The third kappa shape index (κ3) is 5.34. The molecule has 0 saturated carbocycles. The first-order valence-corrected chi connectivity index (χ1v) is 7.64. The average molecular weight is 311 g/mol. The molecule has 0 aliphatic carbocycles. The second-order valence-electron chi connectivity index (χ2n) is 5.28. The van der Waals surface area contributed by atoms with Crippen molar-refractivity contribution in [3.63, 3.8) is 0 Å². The van der Waals surface area contributed by atoms with Crippen LogP contribution < -0.4 is 5.32 Å². The van der Waals surface area contributed by atoms with Crippen molar-refractivity contribution in [3.05, 3.63) is 36.0 Å². The van der Waals surface area contributed by atoms with Gasteiger partial charge in [0.05, 0.1) is 0 Å². The van der Waals surface area contributed by atoms with Gasteiger partial charge in [-0.05, 0) is 31.0 Å². The van der Waals surface area contributed by atoms with Crippen molar-refractivity contribution in [2.45, 2.75) is 32.7 Å². The lowest BCUT2D eigenvalue weighted by Gasteiger charge is -2.05. The van der Waals surface area contributed by atoms with E-state index in [0.29, 0.717) is 0 Å². The smallest absolute Gasteiger partial charge is 0.0481 e. The molecule has 0 amide bonds. The van der Waals surface area contributed by atoms with Crippen LogP contribution in [0.3, 0.4) is 0 Å². The largest absolute Gasteiger partial charge is 0.381 e. The number of hydrogen-bond acceptors (Lipinski definition) is 2. The van der Waals surface area contributed by atoms with Crippen LogP contribution in [0.2, 0.25) is 0 Å². The minimum absolute atomic E-state index is 0. The molecule has 0 atom stereocenters. The summed E-state index contributed by atoms with van der Waals surface area (Å²) in [7, 11) is 2.10. The number of halogens is 1. The number of ether oxygens (including phenoxy) is 1. The average Bonchev–Trinajstić information content (AvgIpc) is 2.79. The van der Waals surface area contributed by atoms with Crippen LogP contribution in [-0.4, -0.2) is 24.3 Å². The second-order valence-corrected chi connectivity index (χ2v) is 5.28. The van der Waals surface area contributed by atoms with Crippen molar-refractivity contribution in [3.8, 4) is 0 Å². The van der Waals surface area contributed by atoms with Crippen LogP contribution in [0, 0.1) is 0 Å². The summed E-state index contributed by atoms with van der Waals surface area (Å²) in [6, 6.07) is 8.56. The van der Waals surface area contributed by atoms with E-state index < -0.39 is 0 Å². The molecule has 2 aromatic rings. The van der Waals surface area contributed by atoms with Crippen molar-refractivity contribution in [2.24, 2.45) is 7.05 Å². The lowest BCUT2D eigenvalue weighted by molar-refractivity contribution is 0.129. The number of aryl methyl sites for hydroxylation is 1. The molecule has 0 radical (unpaired) electrons. The second kappa shape index (κ2) is 9.82. The molecule has 0 aliphatic rings. The van der Waals surface area contributed by atoms with Gasteiger partial charge in [0, 0.05) is 43.9 Å². The maximum atomic E-state index is 5.56. The van der Waals surface area contributed by atoms with Crippen LogP contribution in [0.25, 0.3) is 10.9 Å². The third-order valence-corrected chi connectivity index (χ3v) is 3.58. The number of para-hydroxylation sites is 1. The maximum absolute atomic E-state index is 5.56. The van der Waals surface area contributed by atoms with E-state index in [1.165, 1.54) is 29.3 Å². The Bertz CT molecular complexity index is 524. The molecule has 1 aromatic heterocycles. The highest BCUT2D eigenvalue weighted by atomic mass is 35.5. The molecule has 4 heteroatoms. The number of fused-ring (bicyclic) bond motifs is 1. The van der Waals surface area contributed by atoms with E-state index in [9.17, 15) is 0 Å². The van der Waals surface area contributed by atoms with E-state index in [4.69, 9.17) is 4.74 Å². The molecular formula is C17H27ClN2O. The Kier molecular flexibility index (Phi) is 8.43. The normalized spacial score (nSPS) is 10.8. The molecule has 2 rings (SSSR count). The summed E-state index contributed by atoms with van der Waals surface area (Å²) in [4.78, 5) is 0. The monoisotopic (exact) mass is 310 g/mol. The Morgan fingerprint density at radius 2 is 1.90 bits per heavy atom. The highest BCUT2D eigenvalue weighted by Crippen LogP contribution is 2.19. The van der Waals surface area contributed by atoms with Gasteiger partial charge in [-0.1, -0.05) is 31.5 Å². The standard InChI is InChI=1S/C17H26N2O.ClH/c1-3-4-11-20-12-7-10-18-13-15-14-19(2)17-9-6-5-8-16(15)17;/h5-6,8-9,14,18H,3-4,7,10-13H2,1-2H3;1H. The number of rotatable bonds is 9. The van der Waals surface area contributed by atoms with Gasteiger partial charge in [0.2, 0.25) is 0 Å². The summed E-state index contributed by atoms with van der Waals surface area (Å²) in [5.41, 5.74) is 2.67. The Balaban J connectivity index is 0.00000220. The number of nitrogens with one attached hydrogen (secondary N) is 1. The zero-order chi connectivity index (χ0) is 14.2. The summed E-state index contributed by atoms with van der Waals surface area (Å²) < 4.78 is 7.75. The van der Waals surface area contributed by atoms with Gasteiger partial charge in [0.15, 0.2) is 0 Å². The van der Waals surface area contributed by atoms with E-state index in [1.54, 1.807) is 0 Å². The Labute approximate surface area is 134 Å². The van der Waals surface area contributed by atoms with Crippen molar-refractivity contribution >= 4 is 23.3 Å². The predicted molar refractivity (Wildman–Crippen MR) is 92.2 cm³/mol. The number of unbranched alkanes of at least 4 members (excludes halogenated alkanes) is 1. The van der Waals surface area contributed by atoms with E-state index in [1.807, 2.05) is 0 Å². The van der Waals surface area contributed by atoms with Gasteiger partial charge in [-0.15, -0.1) is 12.4 Å². The summed E-state index contributed by atoms with van der Waals surface area (Å²) in [6.07, 6.45) is 5.67. The van der Waals surface area contributed by atoms with Gasteiger partial charge in [-0.2, -0.15) is 0 Å². The molecular weight excluding hydrogens is 284 g/mol. The minimum atomic E-state index is 0. The molecule has 118 valence electrons. The van der Waals surface area contributed by atoms with E-state index >= 15 is 0 Å². The summed E-state index contributed by atoms with van der Waals surface area (Å²) in [5.74, 6) is 0. The third-order valence-electron chi connectivity index (χ3n) is 3.58. The molecule has 0 bridgehead atoms. The van der Waals surface area contributed by atoms with Crippen LogP contribution in [0.5, 0.6) is 0 Å². The van der Waals surface area contributed by atoms with Crippen molar-refractivity contribution in [1.29, 1.82) is 0 Å². The molecule has 21 heavy (non-hydrogen) atoms. The zero-order valence-corrected chi connectivity index (χ0v) is 13.9. The fraction of sp³-hybridized carbons (Fsp3) is 0.529. The van der Waals surface area contributed by atoms with E-state index in [-0.39, 0.29) is 12.4 Å². The molecule has 0 unspecified atom stereocenters. The maximum Gasteiger partial charge on any atom is 0.0481 e. The van der Waals surface area contributed by atoms with Gasteiger partial charge in [0.1, 0.15) is 0 Å². The first kappa shape index (κ1) is 18.0. The van der Waals surface area contributed by atoms with Crippen molar-refractivity contribution < 1.29 is 4.74 Å². The fourth-order valence-corrected chi connectivity index (χ4v) is 2.44. The Morgan fingerprint density at radius 3 is 2.71 bits per heavy atom. The van der Waals surface area contributed by atoms with Crippen LogP contribution in [0.1, 0.15) is 31.7 Å². The van der Waals surface area contributed by atoms with Gasteiger partial charge in [-0.3, -0.25) is 0 Å². The highest BCUT2D eigenvalue weighted by Gasteiger charge is 2.04. The lowest BCUT2D eigenvalue weighted by Crippen LogP contribution is -2.16. The summed E-state index contributed by atoms with van der Waals surface area (Å²) in [6.45, 7) is 5.89. The van der Waals surface area contributed by atoms with Crippen LogP contribution in [0.15, 0.2) is 30.5 Å². The van der Waals surface area contributed by atoms with Gasteiger partial charge in [0.25, 0.3) is 0 Å². The molecule has 0 fully saturated rings. The minimum Gasteiger partial charge on any atom is -0.381 e. The number of nitrogens with zero attached hydrogens (tertiary/aromatic N) is 1. The number of benzene rings is 1. The topological polar surface area (TPSA) is 26.2 Å². The lowest BCUT2D eigenvalue weighted by atomic mass is 10.2. The van der Waals surface area contributed by atoms with Gasteiger partial charge >= 0.3 is 0 Å². The predicted octanol–water partition coefficient (Wildman–Crippen LogP) is 3.90. The number of aromatic nitrogens is 1. The number of hydrogen-bond donors (Lipinski definition) is 1. The van der Waals surface area contributed by atoms with E-state index in [2.05, 4.69) is 54.3 Å². The molecule has 3 nitrogen and oxygen atoms in total. The Morgan fingerprint density at radius 1 is 1.14 bits per heavy atom. The molecule has 0 aliphatic heterocycles. The van der Waals surface area contributed by atoms with Crippen LogP contribution in [-0.2, 0) is 18.3 Å². The highest BCUT2D eigenvalue weighted by molar-refractivity contribution is 5.85. The van der Waals surface area contributed by atoms with Gasteiger partial charge in [-0.25, -0.2) is 0 Å². The molecule has 1 N–H and O–H groups in total. The zero-order valence-electron chi connectivity index (χ0n) is 13.1. The molecule has 1 aromatic carbocycles. The molecule has 1 heterocycles. The first-order valence-electron chi connectivity index (χ1n) is 7.64. The van der Waals surface area contributed by atoms with E-state index in [0.717, 1.165) is 32.7 Å². The molecule has 0 spiro atoms. The van der Waals surface area contributed by atoms with Crippen LogP contribution in [0.4, 0.5) is 0 Å². The fourth-order valence-electron chi connectivity index (χ4n) is 2.44.